The second-order valence-corrected chi connectivity index (χ2v) is 6.31. The van der Waals surface area contributed by atoms with Crippen LogP contribution in [0, 0.1) is 5.92 Å². The third-order valence-electron chi connectivity index (χ3n) is 4.33. The predicted octanol–water partition coefficient (Wildman–Crippen LogP) is 0.834. The Morgan fingerprint density at radius 2 is 2.27 bits per heavy atom. The average molecular weight is 302 g/mol. The van der Waals surface area contributed by atoms with Crippen LogP contribution in [0.4, 0.5) is 0 Å². The molecule has 1 aliphatic rings. The van der Waals surface area contributed by atoms with Crippen LogP contribution in [-0.4, -0.2) is 64.3 Å². The number of rotatable bonds is 4. The van der Waals surface area contributed by atoms with Gasteiger partial charge < -0.3 is 10.0 Å². The first kappa shape index (κ1) is 15.0. The molecule has 1 saturated heterocycles. The fourth-order valence-electron chi connectivity index (χ4n) is 3.03. The van der Waals surface area contributed by atoms with Crippen LogP contribution in [0.15, 0.2) is 24.4 Å². The molecule has 0 unspecified atom stereocenters. The zero-order valence-corrected chi connectivity index (χ0v) is 13.0. The van der Waals surface area contributed by atoms with Crippen molar-refractivity contribution in [3.05, 3.63) is 30.0 Å². The van der Waals surface area contributed by atoms with Gasteiger partial charge in [-0.2, -0.15) is 5.10 Å². The Bertz CT molecular complexity index is 667. The van der Waals surface area contributed by atoms with Crippen LogP contribution in [-0.2, 0) is 11.3 Å². The Labute approximate surface area is 129 Å². The molecule has 1 aromatic carbocycles. The molecule has 1 fully saturated rings. The minimum absolute atomic E-state index is 0.0209. The number of aromatic amines is 1. The van der Waals surface area contributed by atoms with Crippen molar-refractivity contribution in [3.63, 3.8) is 0 Å². The summed E-state index contributed by atoms with van der Waals surface area (Å²) >= 11 is 0. The summed E-state index contributed by atoms with van der Waals surface area (Å²) in [5, 5.41) is 18.2. The molecule has 118 valence electrons. The normalized spacial score (nSPS) is 22.3. The van der Waals surface area contributed by atoms with Crippen molar-refractivity contribution in [2.45, 2.75) is 19.1 Å². The summed E-state index contributed by atoms with van der Waals surface area (Å²) in [5.41, 5.74) is 2.22. The molecule has 6 heteroatoms. The highest BCUT2D eigenvalue weighted by molar-refractivity contribution is 5.78. The van der Waals surface area contributed by atoms with Gasteiger partial charge in [0.2, 0.25) is 5.91 Å². The molecule has 2 N–H and O–H groups in total. The van der Waals surface area contributed by atoms with Crippen molar-refractivity contribution in [2.75, 3.05) is 27.2 Å². The van der Waals surface area contributed by atoms with Gasteiger partial charge in [0, 0.05) is 51.5 Å². The van der Waals surface area contributed by atoms with Crippen molar-refractivity contribution in [3.8, 4) is 0 Å². The number of aliphatic hydroxyl groups is 1. The summed E-state index contributed by atoms with van der Waals surface area (Å²) in [6.45, 7) is 2.16. The molecule has 1 aromatic heterocycles. The minimum Gasteiger partial charge on any atom is -0.391 e. The van der Waals surface area contributed by atoms with Gasteiger partial charge in [0.05, 0.1) is 17.8 Å². The summed E-state index contributed by atoms with van der Waals surface area (Å²) in [5.74, 6) is 0.0956. The number of carbonyl (C=O) groups is 1. The van der Waals surface area contributed by atoms with E-state index in [0.29, 0.717) is 13.0 Å². The molecular formula is C16H22N4O2. The largest absolute Gasteiger partial charge is 0.391 e. The molecule has 1 amide bonds. The second kappa shape index (κ2) is 6.06. The topological polar surface area (TPSA) is 72.5 Å². The Kier molecular flexibility index (Phi) is 4.13. The van der Waals surface area contributed by atoms with Crippen LogP contribution < -0.4 is 0 Å². The van der Waals surface area contributed by atoms with Gasteiger partial charge in [-0.25, -0.2) is 0 Å². The van der Waals surface area contributed by atoms with Gasteiger partial charge in [0.1, 0.15) is 0 Å². The number of H-pyrrole nitrogens is 1. The van der Waals surface area contributed by atoms with Crippen molar-refractivity contribution in [1.82, 2.24) is 20.0 Å². The lowest BCUT2D eigenvalue weighted by molar-refractivity contribution is -0.130. The molecule has 2 heterocycles. The Morgan fingerprint density at radius 1 is 1.45 bits per heavy atom. The first-order chi connectivity index (χ1) is 10.5. The molecule has 1 aliphatic heterocycles. The van der Waals surface area contributed by atoms with Crippen molar-refractivity contribution < 1.29 is 9.90 Å². The maximum Gasteiger partial charge on any atom is 0.222 e. The first-order valence-electron chi connectivity index (χ1n) is 7.55. The number of aliphatic hydroxyl groups excluding tert-OH is 1. The highest BCUT2D eigenvalue weighted by Crippen LogP contribution is 2.23. The number of hydrogen-bond acceptors (Lipinski definition) is 4. The van der Waals surface area contributed by atoms with Gasteiger partial charge in [-0.1, -0.05) is 6.07 Å². The molecule has 0 aliphatic carbocycles. The summed E-state index contributed by atoms with van der Waals surface area (Å²) in [7, 11) is 3.50. The molecule has 2 aromatic rings. The zero-order chi connectivity index (χ0) is 15.7. The van der Waals surface area contributed by atoms with E-state index in [1.54, 1.807) is 19.0 Å². The van der Waals surface area contributed by atoms with Crippen LogP contribution in [0.25, 0.3) is 10.9 Å². The molecule has 3 rings (SSSR count). The number of likely N-dealkylation sites (tertiary alicyclic amines) is 1. The Morgan fingerprint density at radius 3 is 3.05 bits per heavy atom. The van der Waals surface area contributed by atoms with Crippen molar-refractivity contribution >= 4 is 16.8 Å². The average Bonchev–Trinajstić information content (AvgIpc) is 3.05. The lowest BCUT2D eigenvalue weighted by Crippen LogP contribution is -2.28. The number of fused-ring (bicyclic) bond motifs is 1. The summed E-state index contributed by atoms with van der Waals surface area (Å²) in [6, 6.07) is 6.21. The monoisotopic (exact) mass is 302 g/mol. The highest BCUT2D eigenvalue weighted by atomic mass is 16.3. The zero-order valence-electron chi connectivity index (χ0n) is 13.0. The maximum absolute atomic E-state index is 11.8. The molecular weight excluding hydrogens is 280 g/mol. The van der Waals surface area contributed by atoms with Crippen LogP contribution in [0.2, 0.25) is 0 Å². The molecule has 0 bridgehead atoms. The predicted molar refractivity (Wildman–Crippen MR) is 84.2 cm³/mol. The second-order valence-electron chi connectivity index (χ2n) is 6.31. The molecule has 6 nitrogen and oxygen atoms in total. The third-order valence-corrected chi connectivity index (χ3v) is 4.33. The van der Waals surface area contributed by atoms with E-state index in [9.17, 15) is 9.90 Å². The van der Waals surface area contributed by atoms with E-state index in [2.05, 4.69) is 27.2 Å². The van der Waals surface area contributed by atoms with Gasteiger partial charge in [0.15, 0.2) is 0 Å². The molecule has 0 spiro atoms. The summed E-state index contributed by atoms with van der Waals surface area (Å²) in [6.07, 6.45) is 1.79. The number of nitrogens with zero attached hydrogens (tertiary/aromatic N) is 3. The summed E-state index contributed by atoms with van der Waals surface area (Å²) in [4.78, 5) is 15.6. The smallest absolute Gasteiger partial charge is 0.222 e. The molecule has 22 heavy (non-hydrogen) atoms. The van der Waals surface area contributed by atoms with E-state index >= 15 is 0 Å². The van der Waals surface area contributed by atoms with E-state index in [4.69, 9.17) is 0 Å². The number of nitrogens with one attached hydrogen (secondary N) is 1. The Hall–Kier alpha value is -1.92. The molecule has 0 radical (unpaired) electrons. The SMILES string of the molecule is CN(C)C(=O)C[C@@H]1CN(Cc2ccc3[nH]ncc3c2)C[C@H]1O. The lowest BCUT2D eigenvalue weighted by atomic mass is 10.0. The van der Waals surface area contributed by atoms with E-state index < -0.39 is 6.10 Å². The molecule has 2 atom stereocenters. The first-order valence-corrected chi connectivity index (χ1v) is 7.55. The quantitative estimate of drug-likeness (QED) is 0.877. The minimum atomic E-state index is -0.429. The molecule has 0 saturated carbocycles. The number of hydrogen-bond donors (Lipinski definition) is 2. The van der Waals surface area contributed by atoms with Gasteiger partial charge in [-0.15, -0.1) is 0 Å². The fraction of sp³-hybridized carbons (Fsp3) is 0.500. The van der Waals surface area contributed by atoms with E-state index in [-0.39, 0.29) is 11.8 Å². The van der Waals surface area contributed by atoms with E-state index in [1.807, 2.05) is 12.3 Å². The van der Waals surface area contributed by atoms with Crippen LogP contribution >= 0.6 is 0 Å². The van der Waals surface area contributed by atoms with Crippen molar-refractivity contribution in [2.24, 2.45) is 5.92 Å². The van der Waals surface area contributed by atoms with Crippen molar-refractivity contribution in [1.29, 1.82) is 0 Å². The van der Waals surface area contributed by atoms with Gasteiger partial charge >= 0.3 is 0 Å². The maximum atomic E-state index is 11.8. The van der Waals surface area contributed by atoms with Gasteiger partial charge in [0.25, 0.3) is 0 Å². The van der Waals surface area contributed by atoms with Crippen LogP contribution in [0.1, 0.15) is 12.0 Å². The Balaban J connectivity index is 1.62. The third kappa shape index (κ3) is 3.13. The fourth-order valence-corrected chi connectivity index (χ4v) is 3.03. The number of benzene rings is 1. The van der Waals surface area contributed by atoms with Crippen LogP contribution in [0.5, 0.6) is 0 Å². The van der Waals surface area contributed by atoms with E-state index in [1.165, 1.54) is 5.56 Å². The van der Waals surface area contributed by atoms with Gasteiger partial charge in [-0.05, 0) is 17.7 Å². The van der Waals surface area contributed by atoms with Crippen LogP contribution in [0.3, 0.4) is 0 Å². The standard InChI is InChI=1S/C16H22N4O2/c1-19(2)16(22)6-13-9-20(10-15(13)21)8-11-3-4-14-12(5-11)7-17-18-14/h3-5,7,13,15,21H,6,8-10H2,1-2H3,(H,17,18)/t13-,15-/m1/s1. The number of aromatic nitrogens is 2. The van der Waals surface area contributed by atoms with E-state index in [0.717, 1.165) is 24.0 Å². The summed E-state index contributed by atoms with van der Waals surface area (Å²) < 4.78 is 0. The van der Waals surface area contributed by atoms with Gasteiger partial charge in [-0.3, -0.25) is 14.8 Å². The highest BCUT2D eigenvalue weighted by Gasteiger charge is 2.32. The number of β-amino-alcohol motifs (C(OH)–C–C–N with tert-alkyl or cyclic N) is 1. The number of carbonyl (C=O) groups excluding carboxylic acids is 1. The number of amides is 1. The lowest BCUT2D eigenvalue weighted by Gasteiger charge is -2.17.